The van der Waals surface area contributed by atoms with Gasteiger partial charge in [-0.2, -0.15) is 0 Å². The van der Waals surface area contributed by atoms with Crippen LogP contribution in [0.4, 0.5) is 10.7 Å². The fraction of sp³-hybridized carbons (Fsp3) is 0.435. The minimum absolute atomic E-state index is 0.291. The number of nitrogens with one attached hydrogen (secondary N) is 2. The van der Waals surface area contributed by atoms with Crippen LogP contribution in [0.5, 0.6) is 0 Å². The number of aryl methyl sites for hydroxylation is 1. The molecule has 0 unspecified atom stereocenters. The van der Waals surface area contributed by atoms with Crippen LogP contribution in [-0.4, -0.2) is 30.3 Å². The number of anilines is 2. The highest BCUT2D eigenvalue weighted by Crippen LogP contribution is 2.37. The summed E-state index contributed by atoms with van der Waals surface area (Å²) in [6.45, 7) is 4.18. The Morgan fingerprint density at radius 1 is 0.968 bits per heavy atom. The van der Waals surface area contributed by atoms with Crippen LogP contribution in [0.25, 0.3) is 0 Å². The molecule has 2 aromatic rings. The largest absolute Gasteiger partial charge is 0.462 e. The van der Waals surface area contributed by atoms with Crippen molar-refractivity contribution in [3.8, 4) is 0 Å². The predicted molar refractivity (Wildman–Crippen MR) is 128 cm³/mol. The van der Waals surface area contributed by atoms with Crippen LogP contribution in [0.15, 0.2) is 24.3 Å². The van der Waals surface area contributed by atoms with Gasteiger partial charge in [0, 0.05) is 4.88 Å². The van der Waals surface area contributed by atoms with Gasteiger partial charge in [0.25, 0.3) is 0 Å². The van der Waals surface area contributed by atoms with Crippen molar-refractivity contribution in [2.75, 3.05) is 23.8 Å². The van der Waals surface area contributed by atoms with Crippen LogP contribution in [0.1, 0.15) is 70.7 Å². The molecular weight excluding hydrogens is 432 g/mol. The van der Waals surface area contributed by atoms with Crippen LogP contribution in [-0.2, 0) is 22.3 Å². The smallest absolute Gasteiger partial charge is 0.341 e. The molecule has 0 spiro atoms. The van der Waals surface area contributed by atoms with Crippen molar-refractivity contribution in [2.45, 2.75) is 52.4 Å². The van der Waals surface area contributed by atoms with Crippen molar-refractivity contribution in [3.05, 3.63) is 45.8 Å². The predicted octanol–water partition coefficient (Wildman–Crippen LogP) is 5.57. The third-order valence-corrected chi connectivity index (χ3v) is 6.46. The highest BCUT2D eigenvalue weighted by atomic mass is 32.1. The molecule has 0 saturated carbocycles. The molecule has 1 aliphatic rings. The number of ether oxygens (including phenoxy) is 2. The fourth-order valence-corrected chi connectivity index (χ4v) is 5.22. The Morgan fingerprint density at radius 3 is 2.39 bits per heavy atom. The molecule has 0 fully saturated rings. The van der Waals surface area contributed by atoms with Gasteiger partial charge in [-0.1, -0.05) is 25.0 Å². The first-order valence-electron chi connectivity index (χ1n) is 10.7. The van der Waals surface area contributed by atoms with Crippen LogP contribution >= 0.6 is 23.6 Å². The number of carbonyl (C=O) groups excluding carboxylic acids is 2. The highest BCUT2D eigenvalue weighted by molar-refractivity contribution is 7.80. The van der Waals surface area contributed by atoms with Crippen LogP contribution in [0.3, 0.4) is 0 Å². The van der Waals surface area contributed by atoms with E-state index in [1.54, 1.807) is 43.4 Å². The van der Waals surface area contributed by atoms with Gasteiger partial charge in [0.15, 0.2) is 5.11 Å². The first-order valence-corrected chi connectivity index (χ1v) is 11.9. The highest BCUT2D eigenvalue weighted by Gasteiger charge is 2.26. The van der Waals surface area contributed by atoms with Crippen LogP contribution in [0, 0.1) is 0 Å². The molecule has 0 atom stereocenters. The van der Waals surface area contributed by atoms with Crippen LogP contribution in [0.2, 0.25) is 0 Å². The topological polar surface area (TPSA) is 76.7 Å². The van der Waals surface area contributed by atoms with Crippen molar-refractivity contribution in [2.24, 2.45) is 0 Å². The van der Waals surface area contributed by atoms with Gasteiger partial charge in [-0.25, -0.2) is 9.59 Å². The molecule has 0 radical (unpaired) electrons. The molecule has 0 aliphatic heterocycles. The Hall–Kier alpha value is -2.45. The van der Waals surface area contributed by atoms with Crippen molar-refractivity contribution in [3.63, 3.8) is 0 Å². The maximum Gasteiger partial charge on any atom is 0.341 e. The maximum absolute atomic E-state index is 12.8. The summed E-state index contributed by atoms with van der Waals surface area (Å²) in [6, 6.07) is 7.03. The average molecular weight is 461 g/mol. The summed E-state index contributed by atoms with van der Waals surface area (Å²) >= 11 is 7.08. The molecule has 0 bridgehead atoms. The van der Waals surface area contributed by atoms with Gasteiger partial charge < -0.3 is 20.1 Å². The lowest BCUT2D eigenvalue weighted by atomic mass is 9.96. The Bertz CT molecular complexity index is 955. The summed E-state index contributed by atoms with van der Waals surface area (Å²) in [4.78, 5) is 26.2. The molecule has 8 heteroatoms. The lowest BCUT2D eigenvalue weighted by Gasteiger charge is -2.14. The van der Waals surface area contributed by atoms with Crippen molar-refractivity contribution < 1.29 is 19.1 Å². The quantitative estimate of drug-likeness (QED) is 0.431. The zero-order valence-electron chi connectivity index (χ0n) is 17.9. The summed E-state index contributed by atoms with van der Waals surface area (Å²) in [6.07, 6.45) is 6.38. The number of esters is 2. The summed E-state index contributed by atoms with van der Waals surface area (Å²) in [5, 5.41) is 7.25. The lowest BCUT2D eigenvalue weighted by molar-refractivity contribution is 0.0517. The van der Waals surface area contributed by atoms with Gasteiger partial charge in [0.2, 0.25) is 0 Å². The first-order chi connectivity index (χ1) is 15.0. The van der Waals surface area contributed by atoms with Gasteiger partial charge in [-0.3, -0.25) is 0 Å². The van der Waals surface area contributed by atoms with Gasteiger partial charge in [-0.15, -0.1) is 11.3 Å². The van der Waals surface area contributed by atoms with Crippen molar-refractivity contribution in [1.82, 2.24) is 0 Å². The second-order valence-corrected chi connectivity index (χ2v) is 8.70. The van der Waals surface area contributed by atoms with Gasteiger partial charge >= 0.3 is 11.9 Å². The summed E-state index contributed by atoms with van der Waals surface area (Å²) in [7, 11) is 0. The number of hydrogen-bond acceptors (Lipinski definition) is 6. The van der Waals surface area contributed by atoms with E-state index in [4.69, 9.17) is 21.7 Å². The zero-order valence-corrected chi connectivity index (χ0v) is 19.5. The number of para-hydroxylation sites is 1. The molecule has 31 heavy (non-hydrogen) atoms. The molecule has 1 aromatic heterocycles. The molecule has 166 valence electrons. The number of fused-ring (bicyclic) bond motifs is 1. The lowest BCUT2D eigenvalue weighted by Crippen LogP contribution is -2.22. The number of rotatable bonds is 6. The number of thiocarbonyl (C=S) groups is 1. The summed E-state index contributed by atoms with van der Waals surface area (Å²) in [5.74, 6) is -0.738. The van der Waals surface area contributed by atoms with E-state index in [9.17, 15) is 9.59 Å². The van der Waals surface area contributed by atoms with Crippen molar-refractivity contribution in [1.29, 1.82) is 0 Å². The Kier molecular flexibility index (Phi) is 8.43. The minimum atomic E-state index is -0.417. The van der Waals surface area contributed by atoms with E-state index in [2.05, 4.69) is 10.6 Å². The fourth-order valence-electron chi connectivity index (χ4n) is 3.66. The van der Waals surface area contributed by atoms with E-state index in [1.807, 2.05) is 6.07 Å². The third-order valence-electron chi connectivity index (χ3n) is 5.05. The van der Waals surface area contributed by atoms with E-state index < -0.39 is 5.97 Å². The molecule has 1 heterocycles. The van der Waals surface area contributed by atoms with E-state index >= 15 is 0 Å². The standard InChI is InChI=1S/C23H28N2O4S2/c1-3-28-21(26)15-11-9-10-13-17(15)24-23(30)25-20-19(22(27)29-4-2)16-12-7-5-6-8-14-18(16)31-20/h9-11,13H,3-8,12,14H2,1-2H3,(H2,24,25,30). The molecule has 3 rings (SSSR count). The van der Waals surface area contributed by atoms with Gasteiger partial charge in [-0.05, 0) is 69.4 Å². The number of carbonyl (C=O) groups is 2. The van der Waals surface area contributed by atoms with Crippen LogP contribution < -0.4 is 10.6 Å². The van der Waals surface area contributed by atoms with E-state index in [0.717, 1.165) is 31.2 Å². The Labute approximate surface area is 192 Å². The van der Waals surface area contributed by atoms with E-state index in [1.165, 1.54) is 17.7 Å². The van der Waals surface area contributed by atoms with Gasteiger partial charge in [0.05, 0.1) is 30.0 Å². The molecule has 0 saturated heterocycles. The normalized spacial score (nSPS) is 13.4. The average Bonchev–Trinajstić information content (AvgIpc) is 3.04. The molecular formula is C23H28N2O4S2. The van der Waals surface area contributed by atoms with E-state index in [-0.39, 0.29) is 5.97 Å². The Morgan fingerprint density at radius 2 is 1.65 bits per heavy atom. The monoisotopic (exact) mass is 460 g/mol. The molecule has 0 amide bonds. The number of thiophene rings is 1. The minimum Gasteiger partial charge on any atom is -0.462 e. The number of hydrogen-bond donors (Lipinski definition) is 2. The molecule has 1 aliphatic carbocycles. The first kappa shape index (κ1) is 23.2. The molecule has 1 aromatic carbocycles. The second-order valence-electron chi connectivity index (χ2n) is 7.19. The summed E-state index contributed by atoms with van der Waals surface area (Å²) < 4.78 is 10.5. The SMILES string of the molecule is CCOC(=O)c1ccccc1NC(=S)Nc1sc2c(c1C(=O)OCC)CCCCCC2. The zero-order chi connectivity index (χ0) is 22.2. The van der Waals surface area contributed by atoms with E-state index in [0.29, 0.717) is 40.1 Å². The summed E-state index contributed by atoms with van der Waals surface area (Å²) in [5.41, 5.74) is 2.62. The molecule has 6 nitrogen and oxygen atoms in total. The van der Waals surface area contributed by atoms with Gasteiger partial charge in [0.1, 0.15) is 5.00 Å². The Balaban J connectivity index is 1.85. The second kappa shape index (κ2) is 11.2. The number of benzene rings is 1. The molecule has 2 N–H and O–H groups in total. The third kappa shape index (κ3) is 5.83. The van der Waals surface area contributed by atoms with Crippen molar-refractivity contribution >= 4 is 51.3 Å². The maximum atomic E-state index is 12.8.